The zero-order chi connectivity index (χ0) is 9.97. The summed E-state index contributed by atoms with van der Waals surface area (Å²) in [6.07, 6.45) is 2.18. The minimum absolute atomic E-state index is 0.413. The smallest absolute Gasteiger partial charge is 0.283 e. The van der Waals surface area contributed by atoms with Crippen molar-refractivity contribution in [3.63, 3.8) is 0 Å². The van der Waals surface area contributed by atoms with E-state index in [0.29, 0.717) is 30.5 Å². The van der Waals surface area contributed by atoms with Crippen LogP contribution in [0.15, 0.2) is 21.2 Å². The Morgan fingerprint density at radius 2 is 2.29 bits per heavy atom. The molecule has 5 nitrogen and oxygen atoms in total. The van der Waals surface area contributed by atoms with E-state index in [4.69, 9.17) is 14.6 Å². The normalized spacial score (nSPS) is 10.7. The lowest BCUT2D eigenvalue weighted by Gasteiger charge is -1.89. The molecule has 74 valence electrons. The fourth-order valence-electron chi connectivity index (χ4n) is 1.16. The molecule has 0 radical (unpaired) electrons. The first kappa shape index (κ1) is 8.96. The van der Waals surface area contributed by atoms with Crippen LogP contribution in [0.1, 0.15) is 11.5 Å². The lowest BCUT2D eigenvalue weighted by atomic mass is 10.3. The zero-order valence-electron chi connectivity index (χ0n) is 7.86. The van der Waals surface area contributed by atoms with Crippen LogP contribution in [-0.2, 0) is 6.42 Å². The summed E-state index contributed by atoms with van der Waals surface area (Å²) in [5, 5.41) is 7.72. The van der Waals surface area contributed by atoms with Crippen molar-refractivity contribution in [1.82, 2.24) is 10.2 Å². The van der Waals surface area contributed by atoms with Crippen LogP contribution in [0.4, 0.5) is 0 Å². The molecular weight excluding hydrogens is 182 g/mol. The summed E-state index contributed by atoms with van der Waals surface area (Å²) in [7, 11) is 0. The summed E-state index contributed by atoms with van der Waals surface area (Å²) < 4.78 is 10.6. The van der Waals surface area contributed by atoms with E-state index < -0.39 is 0 Å². The van der Waals surface area contributed by atoms with Gasteiger partial charge in [-0.1, -0.05) is 0 Å². The Kier molecular flexibility index (Phi) is 2.32. The SMILES string of the molecule is Cc1ccoc1-c1nnc(CCN)o1. The van der Waals surface area contributed by atoms with E-state index in [-0.39, 0.29) is 0 Å². The monoisotopic (exact) mass is 193 g/mol. The maximum absolute atomic E-state index is 5.37. The zero-order valence-corrected chi connectivity index (χ0v) is 7.86. The second-order valence-electron chi connectivity index (χ2n) is 2.97. The van der Waals surface area contributed by atoms with E-state index >= 15 is 0 Å². The van der Waals surface area contributed by atoms with Gasteiger partial charge in [-0.2, -0.15) is 0 Å². The maximum Gasteiger partial charge on any atom is 0.283 e. The van der Waals surface area contributed by atoms with E-state index in [9.17, 15) is 0 Å². The first-order valence-electron chi connectivity index (χ1n) is 4.38. The van der Waals surface area contributed by atoms with Crippen LogP contribution >= 0.6 is 0 Å². The Labute approximate surface area is 80.9 Å². The molecule has 0 aromatic carbocycles. The van der Waals surface area contributed by atoms with Crippen molar-refractivity contribution in [2.24, 2.45) is 5.73 Å². The number of hydrogen-bond acceptors (Lipinski definition) is 5. The molecule has 0 unspecified atom stereocenters. The number of nitrogens with zero attached hydrogens (tertiary/aromatic N) is 2. The number of aryl methyl sites for hydroxylation is 1. The van der Waals surface area contributed by atoms with Gasteiger partial charge in [0.1, 0.15) is 0 Å². The van der Waals surface area contributed by atoms with Gasteiger partial charge in [-0.05, 0) is 13.0 Å². The van der Waals surface area contributed by atoms with Gasteiger partial charge in [-0.25, -0.2) is 0 Å². The summed E-state index contributed by atoms with van der Waals surface area (Å²) in [4.78, 5) is 0. The molecule has 0 spiro atoms. The summed E-state index contributed by atoms with van der Waals surface area (Å²) in [6, 6.07) is 1.85. The fourth-order valence-corrected chi connectivity index (χ4v) is 1.16. The van der Waals surface area contributed by atoms with Crippen LogP contribution in [0.3, 0.4) is 0 Å². The largest absolute Gasteiger partial charge is 0.459 e. The highest BCUT2D eigenvalue weighted by Crippen LogP contribution is 2.22. The van der Waals surface area contributed by atoms with E-state index in [1.807, 2.05) is 13.0 Å². The Balaban J connectivity index is 2.29. The highest BCUT2D eigenvalue weighted by Gasteiger charge is 2.12. The van der Waals surface area contributed by atoms with Gasteiger partial charge in [-0.15, -0.1) is 10.2 Å². The molecule has 2 aromatic heterocycles. The Bertz CT molecular complexity index is 419. The van der Waals surface area contributed by atoms with Gasteiger partial charge >= 0.3 is 0 Å². The van der Waals surface area contributed by atoms with Gasteiger partial charge in [0, 0.05) is 18.5 Å². The molecule has 2 aromatic rings. The number of hydrogen-bond donors (Lipinski definition) is 1. The summed E-state index contributed by atoms with van der Waals surface area (Å²) in [5.41, 5.74) is 6.35. The van der Waals surface area contributed by atoms with Crippen LogP contribution in [0.2, 0.25) is 0 Å². The number of aromatic nitrogens is 2. The van der Waals surface area contributed by atoms with Crippen LogP contribution in [0.5, 0.6) is 0 Å². The molecule has 0 aliphatic carbocycles. The highest BCUT2D eigenvalue weighted by atomic mass is 16.4. The maximum atomic E-state index is 5.37. The Morgan fingerprint density at radius 1 is 1.43 bits per heavy atom. The number of rotatable bonds is 3. The highest BCUT2D eigenvalue weighted by molar-refractivity contribution is 5.49. The van der Waals surface area contributed by atoms with E-state index in [1.165, 1.54) is 0 Å². The van der Waals surface area contributed by atoms with Gasteiger partial charge in [0.2, 0.25) is 5.89 Å². The molecule has 0 fully saturated rings. The molecule has 5 heteroatoms. The van der Waals surface area contributed by atoms with Crippen molar-refractivity contribution in [3.8, 4) is 11.7 Å². The third-order valence-corrected chi connectivity index (χ3v) is 1.88. The summed E-state index contributed by atoms with van der Waals surface area (Å²) in [5.74, 6) is 1.58. The predicted molar refractivity (Wildman–Crippen MR) is 49.5 cm³/mol. The van der Waals surface area contributed by atoms with E-state index in [0.717, 1.165) is 5.56 Å². The molecule has 0 aliphatic heterocycles. The lowest BCUT2D eigenvalue weighted by molar-refractivity contribution is 0.480. The van der Waals surface area contributed by atoms with Crippen LogP contribution in [0.25, 0.3) is 11.7 Å². The molecule has 0 bridgehead atoms. The average molecular weight is 193 g/mol. The average Bonchev–Trinajstić information content (AvgIpc) is 2.74. The second kappa shape index (κ2) is 3.63. The van der Waals surface area contributed by atoms with Crippen LogP contribution < -0.4 is 5.73 Å². The third-order valence-electron chi connectivity index (χ3n) is 1.88. The Hall–Kier alpha value is -1.62. The van der Waals surface area contributed by atoms with Gasteiger partial charge in [-0.3, -0.25) is 0 Å². The van der Waals surface area contributed by atoms with Crippen molar-refractivity contribution in [1.29, 1.82) is 0 Å². The standard InChI is InChI=1S/C9H11N3O2/c1-6-3-5-13-8(6)9-12-11-7(14-9)2-4-10/h3,5H,2,4,10H2,1H3. The van der Waals surface area contributed by atoms with Crippen molar-refractivity contribution in [2.45, 2.75) is 13.3 Å². The second-order valence-corrected chi connectivity index (χ2v) is 2.97. The molecule has 0 saturated carbocycles. The van der Waals surface area contributed by atoms with Crippen molar-refractivity contribution in [3.05, 3.63) is 23.8 Å². The number of nitrogens with two attached hydrogens (primary N) is 1. The Morgan fingerprint density at radius 3 is 2.93 bits per heavy atom. The van der Waals surface area contributed by atoms with Crippen molar-refractivity contribution >= 4 is 0 Å². The van der Waals surface area contributed by atoms with Crippen LogP contribution in [-0.4, -0.2) is 16.7 Å². The van der Waals surface area contributed by atoms with Crippen molar-refractivity contribution < 1.29 is 8.83 Å². The predicted octanol–water partition coefficient (Wildman–Crippen LogP) is 1.14. The molecular formula is C9H11N3O2. The minimum Gasteiger partial charge on any atom is -0.459 e. The number of furan rings is 1. The molecule has 14 heavy (non-hydrogen) atoms. The lowest BCUT2D eigenvalue weighted by Crippen LogP contribution is -2.02. The third kappa shape index (κ3) is 1.54. The van der Waals surface area contributed by atoms with E-state index in [1.54, 1.807) is 6.26 Å². The van der Waals surface area contributed by atoms with Gasteiger partial charge < -0.3 is 14.6 Å². The molecule has 0 amide bonds. The minimum atomic E-state index is 0.413. The molecule has 2 rings (SSSR count). The van der Waals surface area contributed by atoms with Gasteiger partial charge in [0.05, 0.1) is 6.26 Å². The van der Waals surface area contributed by atoms with Gasteiger partial charge in [0.15, 0.2) is 5.76 Å². The fraction of sp³-hybridized carbons (Fsp3) is 0.333. The quantitative estimate of drug-likeness (QED) is 0.790. The van der Waals surface area contributed by atoms with E-state index in [2.05, 4.69) is 10.2 Å². The summed E-state index contributed by atoms with van der Waals surface area (Å²) in [6.45, 7) is 2.42. The van der Waals surface area contributed by atoms with Crippen LogP contribution in [0, 0.1) is 6.92 Å². The molecule has 2 N–H and O–H groups in total. The van der Waals surface area contributed by atoms with Gasteiger partial charge in [0.25, 0.3) is 5.89 Å². The topological polar surface area (TPSA) is 78.1 Å². The molecule has 0 saturated heterocycles. The molecule has 2 heterocycles. The first-order chi connectivity index (χ1) is 6.81. The molecule has 0 atom stereocenters. The molecule has 0 aliphatic rings. The van der Waals surface area contributed by atoms with Crippen molar-refractivity contribution in [2.75, 3.05) is 6.54 Å². The summed E-state index contributed by atoms with van der Waals surface area (Å²) >= 11 is 0. The first-order valence-corrected chi connectivity index (χ1v) is 4.38.